The molecule has 5 heteroatoms. The molecular weight excluding hydrogens is 297 g/mol. The van der Waals surface area contributed by atoms with Crippen LogP contribution in [0.5, 0.6) is 5.75 Å². The molecule has 17 heavy (non-hydrogen) atoms. The molecule has 0 aliphatic heterocycles. The lowest BCUT2D eigenvalue weighted by molar-refractivity contribution is -0.137. The molecule has 0 aromatic heterocycles. The zero-order chi connectivity index (χ0) is 13.1. The van der Waals surface area contributed by atoms with Crippen molar-refractivity contribution in [3.05, 3.63) is 29.3 Å². The zero-order valence-electron chi connectivity index (χ0n) is 9.64. The second-order valence-electron chi connectivity index (χ2n) is 3.83. The average Bonchev–Trinajstić information content (AvgIpc) is 2.27. The summed E-state index contributed by atoms with van der Waals surface area (Å²) < 4.78 is 42.6. The van der Waals surface area contributed by atoms with Crippen LogP contribution in [0.15, 0.2) is 18.2 Å². The summed E-state index contributed by atoms with van der Waals surface area (Å²) in [6, 6.07) is 3.65. The van der Waals surface area contributed by atoms with Gasteiger partial charge in [0.15, 0.2) is 0 Å². The van der Waals surface area contributed by atoms with Crippen molar-refractivity contribution in [3.8, 4) is 5.75 Å². The van der Waals surface area contributed by atoms with Crippen molar-refractivity contribution in [1.29, 1.82) is 0 Å². The smallest absolute Gasteiger partial charge is 0.416 e. The Hall–Kier alpha value is -0.710. The molecule has 1 aromatic rings. The first-order valence-corrected chi connectivity index (χ1v) is 6.33. The molecule has 1 aromatic carbocycles. The summed E-state index contributed by atoms with van der Waals surface area (Å²) in [5.74, 6) is 0.458. The topological polar surface area (TPSA) is 9.23 Å². The van der Waals surface area contributed by atoms with Crippen molar-refractivity contribution in [2.24, 2.45) is 0 Å². The van der Waals surface area contributed by atoms with Crippen molar-refractivity contribution in [1.82, 2.24) is 0 Å². The summed E-state index contributed by atoms with van der Waals surface area (Å²) in [6.45, 7) is 1.96. The van der Waals surface area contributed by atoms with Gasteiger partial charge in [0.05, 0.1) is 12.7 Å². The summed E-state index contributed by atoms with van der Waals surface area (Å²) in [5, 5.41) is 0.804. The normalized spacial score (nSPS) is 13.5. The molecule has 0 amide bonds. The quantitative estimate of drug-likeness (QED) is 0.738. The lowest BCUT2D eigenvalue weighted by atomic mass is 9.96. The minimum absolute atomic E-state index is 0.159. The van der Waals surface area contributed by atoms with Gasteiger partial charge in [0.1, 0.15) is 5.75 Å². The van der Waals surface area contributed by atoms with E-state index >= 15 is 0 Å². The van der Waals surface area contributed by atoms with E-state index < -0.39 is 11.7 Å². The monoisotopic (exact) mass is 310 g/mol. The highest BCUT2D eigenvalue weighted by Crippen LogP contribution is 2.36. The Kier molecular flexibility index (Phi) is 4.86. The van der Waals surface area contributed by atoms with Gasteiger partial charge in [0.2, 0.25) is 0 Å². The van der Waals surface area contributed by atoms with Crippen LogP contribution in [0.4, 0.5) is 13.2 Å². The van der Waals surface area contributed by atoms with Crippen LogP contribution in [-0.2, 0) is 6.18 Å². The van der Waals surface area contributed by atoms with Gasteiger partial charge in [-0.05, 0) is 30.0 Å². The predicted molar refractivity (Wildman–Crippen MR) is 64.8 cm³/mol. The molecule has 0 saturated carbocycles. The third-order valence-corrected chi connectivity index (χ3v) is 3.09. The fourth-order valence-corrected chi connectivity index (χ4v) is 2.30. The lowest BCUT2D eigenvalue weighted by Crippen LogP contribution is -2.07. The van der Waals surface area contributed by atoms with Crippen LogP contribution in [0.25, 0.3) is 0 Å². The average molecular weight is 311 g/mol. The molecule has 0 saturated heterocycles. The van der Waals surface area contributed by atoms with Gasteiger partial charge in [-0.1, -0.05) is 28.9 Å². The highest BCUT2D eigenvalue weighted by atomic mass is 79.9. The first-order chi connectivity index (χ1) is 7.90. The summed E-state index contributed by atoms with van der Waals surface area (Å²) in [6.07, 6.45) is -3.48. The number of hydrogen-bond donors (Lipinski definition) is 0. The van der Waals surface area contributed by atoms with E-state index in [9.17, 15) is 13.2 Å². The summed E-state index contributed by atoms with van der Waals surface area (Å²) >= 11 is 3.32. The third-order valence-electron chi connectivity index (χ3n) is 2.63. The highest BCUT2D eigenvalue weighted by Gasteiger charge is 2.31. The van der Waals surface area contributed by atoms with E-state index in [-0.39, 0.29) is 5.92 Å². The first-order valence-electron chi connectivity index (χ1n) is 5.21. The van der Waals surface area contributed by atoms with Crippen molar-refractivity contribution in [2.75, 3.05) is 12.4 Å². The van der Waals surface area contributed by atoms with E-state index in [4.69, 9.17) is 4.74 Å². The van der Waals surface area contributed by atoms with Crippen LogP contribution in [0.3, 0.4) is 0 Å². The third kappa shape index (κ3) is 3.63. The van der Waals surface area contributed by atoms with E-state index in [1.54, 1.807) is 0 Å². The fourth-order valence-electron chi connectivity index (χ4n) is 1.61. The molecule has 0 aliphatic carbocycles. The number of ether oxygens (including phenoxy) is 1. The van der Waals surface area contributed by atoms with E-state index in [0.717, 1.165) is 29.4 Å². The molecule has 1 atom stereocenters. The Morgan fingerprint density at radius 1 is 1.35 bits per heavy atom. The minimum atomic E-state index is -4.33. The Balaban J connectivity index is 3.10. The summed E-state index contributed by atoms with van der Waals surface area (Å²) in [5.41, 5.74) is 0.129. The number of methoxy groups -OCH3 is 1. The van der Waals surface area contributed by atoms with E-state index in [0.29, 0.717) is 5.75 Å². The van der Waals surface area contributed by atoms with Crippen LogP contribution >= 0.6 is 15.9 Å². The van der Waals surface area contributed by atoms with Gasteiger partial charge in [-0.2, -0.15) is 13.2 Å². The number of alkyl halides is 4. The van der Waals surface area contributed by atoms with Crippen molar-refractivity contribution in [3.63, 3.8) is 0 Å². The van der Waals surface area contributed by atoms with Gasteiger partial charge in [0.25, 0.3) is 0 Å². The second-order valence-corrected chi connectivity index (χ2v) is 4.63. The van der Waals surface area contributed by atoms with E-state index in [2.05, 4.69) is 15.9 Å². The highest BCUT2D eigenvalue weighted by molar-refractivity contribution is 9.09. The van der Waals surface area contributed by atoms with E-state index in [1.807, 2.05) is 6.92 Å². The molecule has 0 heterocycles. The molecule has 1 unspecified atom stereocenters. The molecule has 96 valence electrons. The number of hydrogen-bond acceptors (Lipinski definition) is 1. The van der Waals surface area contributed by atoms with Gasteiger partial charge in [-0.25, -0.2) is 0 Å². The summed E-state index contributed by atoms with van der Waals surface area (Å²) in [4.78, 5) is 0. The molecule has 0 aliphatic rings. The van der Waals surface area contributed by atoms with Gasteiger partial charge in [-0.3, -0.25) is 0 Å². The van der Waals surface area contributed by atoms with Gasteiger partial charge >= 0.3 is 6.18 Å². The summed E-state index contributed by atoms with van der Waals surface area (Å²) in [7, 11) is 1.39. The Morgan fingerprint density at radius 3 is 2.47 bits per heavy atom. The maximum Gasteiger partial charge on any atom is 0.416 e. The van der Waals surface area contributed by atoms with Gasteiger partial charge in [0, 0.05) is 5.33 Å². The minimum Gasteiger partial charge on any atom is -0.496 e. The van der Waals surface area contributed by atoms with Crippen LogP contribution in [0.1, 0.15) is 30.4 Å². The second kappa shape index (κ2) is 5.76. The molecule has 0 N–H and O–H groups in total. The Bertz CT molecular complexity index is 377. The van der Waals surface area contributed by atoms with Crippen molar-refractivity contribution in [2.45, 2.75) is 25.4 Å². The molecular formula is C12H14BrF3O. The van der Waals surface area contributed by atoms with Gasteiger partial charge in [-0.15, -0.1) is 0 Å². The van der Waals surface area contributed by atoms with Crippen molar-refractivity contribution >= 4 is 15.9 Å². The SMILES string of the molecule is COc1cc(C(F)(F)F)ccc1C(C)CCBr. The van der Waals surface area contributed by atoms with Crippen molar-refractivity contribution < 1.29 is 17.9 Å². The fraction of sp³-hybridized carbons (Fsp3) is 0.500. The largest absolute Gasteiger partial charge is 0.496 e. The number of halogens is 4. The first kappa shape index (κ1) is 14.4. The van der Waals surface area contributed by atoms with Crippen LogP contribution in [0, 0.1) is 0 Å². The van der Waals surface area contributed by atoms with Crippen LogP contribution in [-0.4, -0.2) is 12.4 Å². The maximum absolute atomic E-state index is 12.5. The molecule has 1 rings (SSSR count). The predicted octanol–water partition coefficient (Wildman–Crippen LogP) is 4.60. The number of rotatable bonds is 4. The molecule has 0 spiro atoms. The standard InChI is InChI=1S/C12H14BrF3O/c1-8(5-6-13)10-4-3-9(12(14,15)16)7-11(10)17-2/h3-4,7-8H,5-6H2,1-2H3. The maximum atomic E-state index is 12.5. The molecule has 1 nitrogen and oxygen atoms in total. The van der Waals surface area contributed by atoms with Crippen LogP contribution in [0.2, 0.25) is 0 Å². The van der Waals surface area contributed by atoms with Crippen LogP contribution < -0.4 is 4.74 Å². The molecule has 0 fully saturated rings. The van der Waals surface area contributed by atoms with Gasteiger partial charge < -0.3 is 4.74 Å². The number of benzene rings is 1. The zero-order valence-corrected chi connectivity index (χ0v) is 11.2. The Labute approximate surface area is 107 Å². The molecule has 0 radical (unpaired) electrons. The molecule has 0 bridgehead atoms. The Morgan fingerprint density at radius 2 is 2.00 bits per heavy atom. The lowest BCUT2D eigenvalue weighted by Gasteiger charge is -2.16. The van der Waals surface area contributed by atoms with E-state index in [1.165, 1.54) is 13.2 Å².